The van der Waals surface area contributed by atoms with Crippen LogP contribution in [0.4, 0.5) is 0 Å². The summed E-state index contributed by atoms with van der Waals surface area (Å²) in [5.41, 5.74) is 2.04. The molecule has 2 nitrogen and oxygen atoms in total. The van der Waals surface area contributed by atoms with Gasteiger partial charge in [0.2, 0.25) is 0 Å². The highest BCUT2D eigenvalue weighted by Crippen LogP contribution is 2.50. The number of hydrogen-bond acceptors (Lipinski definition) is 2. The number of rotatable bonds is 3. The number of aryl methyl sites for hydroxylation is 1. The van der Waals surface area contributed by atoms with Crippen molar-refractivity contribution in [1.29, 1.82) is 0 Å². The minimum atomic E-state index is -0.362. The van der Waals surface area contributed by atoms with Crippen LogP contribution in [0.1, 0.15) is 49.5 Å². The van der Waals surface area contributed by atoms with E-state index in [1.165, 1.54) is 31.2 Å². The largest absolute Gasteiger partial charge is 0.387 e. The van der Waals surface area contributed by atoms with E-state index >= 15 is 0 Å². The summed E-state index contributed by atoms with van der Waals surface area (Å²) in [5, 5.41) is 10.3. The summed E-state index contributed by atoms with van der Waals surface area (Å²) >= 11 is 0. The number of fused-ring (bicyclic) bond motifs is 2. The molecule has 0 saturated heterocycles. The van der Waals surface area contributed by atoms with E-state index < -0.39 is 0 Å². The standard InChI is InChI=1S/C15H21NO/c1-10-4-5-16-14(6-10)15(17)9-13-8-11-2-3-12(13)7-11/h4-6,11-13,15,17H,2-3,7-9H2,1H3. The second kappa shape index (κ2) is 4.41. The zero-order valence-electron chi connectivity index (χ0n) is 10.5. The first-order valence-electron chi connectivity index (χ1n) is 6.83. The van der Waals surface area contributed by atoms with Gasteiger partial charge < -0.3 is 5.11 Å². The van der Waals surface area contributed by atoms with Crippen LogP contribution < -0.4 is 0 Å². The molecule has 1 N–H and O–H groups in total. The Kier molecular flexibility index (Phi) is 2.91. The number of nitrogens with zero attached hydrogens (tertiary/aromatic N) is 1. The van der Waals surface area contributed by atoms with Gasteiger partial charge in [-0.2, -0.15) is 0 Å². The number of aliphatic hydroxyl groups is 1. The van der Waals surface area contributed by atoms with Gasteiger partial charge in [-0.05, 0) is 68.1 Å². The molecular weight excluding hydrogens is 210 g/mol. The van der Waals surface area contributed by atoms with E-state index in [1.54, 1.807) is 6.20 Å². The molecule has 1 aromatic heterocycles. The fourth-order valence-electron chi connectivity index (χ4n) is 3.81. The van der Waals surface area contributed by atoms with Gasteiger partial charge in [0.25, 0.3) is 0 Å². The molecule has 4 unspecified atom stereocenters. The Bertz CT molecular complexity index is 404. The molecule has 0 radical (unpaired) electrons. The van der Waals surface area contributed by atoms with E-state index in [0.29, 0.717) is 0 Å². The Balaban J connectivity index is 1.65. The van der Waals surface area contributed by atoms with Crippen molar-refractivity contribution in [3.63, 3.8) is 0 Å². The maximum atomic E-state index is 10.3. The Hall–Kier alpha value is -0.890. The van der Waals surface area contributed by atoms with E-state index in [1.807, 2.05) is 12.1 Å². The number of aromatic nitrogens is 1. The molecule has 2 bridgehead atoms. The lowest BCUT2D eigenvalue weighted by molar-refractivity contribution is 0.122. The van der Waals surface area contributed by atoms with Gasteiger partial charge in [0.05, 0.1) is 11.8 Å². The van der Waals surface area contributed by atoms with Crippen LogP contribution in [-0.2, 0) is 0 Å². The van der Waals surface area contributed by atoms with Crippen molar-refractivity contribution < 1.29 is 5.11 Å². The summed E-state index contributed by atoms with van der Waals surface area (Å²) in [6.45, 7) is 2.05. The van der Waals surface area contributed by atoms with Gasteiger partial charge in [0.15, 0.2) is 0 Å². The van der Waals surface area contributed by atoms with Crippen LogP contribution in [0.3, 0.4) is 0 Å². The van der Waals surface area contributed by atoms with Gasteiger partial charge in [-0.25, -0.2) is 0 Å². The van der Waals surface area contributed by atoms with Crippen molar-refractivity contribution >= 4 is 0 Å². The lowest BCUT2D eigenvalue weighted by Crippen LogP contribution is -2.15. The van der Waals surface area contributed by atoms with Crippen molar-refractivity contribution in [1.82, 2.24) is 4.98 Å². The molecule has 2 heteroatoms. The minimum absolute atomic E-state index is 0.362. The van der Waals surface area contributed by atoms with E-state index in [0.717, 1.165) is 29.9 Å². The molecule has 4 atom stereocenters. The second-order valence-corrected chi connectivity index (χ2v) is 5.94. The van der Waals surface area contributed by atoms with Crippen LogP contribution in [0.5, 0.6) is 0 Å². The molecule has 2 saturated carbocycles. The summed E-state index contributed by atoms with van der Waals surface area (Å²) < 4.78 is 0. The zero-order chi connectivity index (χ0) is 11.8. The van der Waals surface area contributed by atoms with Crippen molar-refractivity contribution in [2.24, 2.45) is 17.8 Å². The molecule has 1 heterocycles. The fourth-order valence-corrected chi connectivity index (χ4v) is 3.81. The SMILES string of the molecule is Cc1ccnc(C(O)CC2CC3CCC2C3)c1. The van der Waals surface area contributed by atoms with Crippen molar-refractivity contribution in [3.05, 3.63) is 29.6 Å². The highest BCUT2D eigenvalue weighted by molar-refractivity contribution is 5.16. The quantitative estimate of drug-likeness (QED) is 0.866. The van der Waals surface area contributed by atoms with E-state index in [4.69, 9.17) is 0 Å². The van der Waals surface area contributed by atoms with Crippen LogP contribution in [-0.4, -0.2) is 10.1 Å². The van der Waals surface area contributed by atoms with Crippen LogP contribution in [0.2, 0.25) is 0 Å². The Labute approximate surface area is 103 Å². The lowest BCUT2D eigenvalue weighted by Gasteiger charge is -2.24. The summed E-state index contributed by atoms with van der Waals surface area (Å²) in [7, 11) is 0. The molecule has 2 aliphatic carbocycles. The predicted octanol–water partition coefficient (Wildman–Crippen LogP) is 3.25. The molecule has 92 valence electrons. The first kappa shape index (κ1) is 11.2. The van der Waals surface area contributed by atoms with Crippen molar-refractivity contribution in [2.45, 2.75) is 45.1 Å². The van der Waals surface area contributed by atoms with Crippen LogP contribution in [0.25, 0.3) is 0 Å². The number of aliphatic hydroxyl groups excluding tert-OH is 1. The Morgan fingerprint density at radius 3 is 2.94 bits per heavy atom. The first-order valence-corrected chi connectivity index (χ1v) is 6.83. The minimum Gasteiger partial charge on any atom is -0.387 e. The van der Waals surface area contributed by atoms with Crippen LogP contribution in [0, 0.1) is 24.7 Å². The lowest BCUT2D eigenvalue weighted by atomic mass is 9.84. The molecule has 1 aromatic rings. The molecule has 0 amide bonds. The van der Waals surface area contributed by atoms with Crippen molar-refractivity contribution in [3.8, 4) is 0 Å². The molecule has 2 aliphatic rings. The first-order chi connectivity index (χ1) is 8.22. The number of hydrogen-bond donors (Lipinski definition) is 1. The zero-order valence-corrected chi connectivity index (χ0v) is 10.5. The normalized spacial score (nSPS) is 32.9. The smallest absolute Gasteiger partial charge is 0.0962 e. The molecule has 17 heavy (non-hydrogen) atoms. The Morgan fingerprint density at radius 2 is 2.29 bits per heavy atom. The third-order valence-corrected chi connectivity index (χ3v) is 4.69. The Morgan fingerprint density at radius 1 is 1.41 bits per heavy atom. The molecule has 2 fully saturated rings. The highest BCUT2D eigenvalue weighted by Gasteiger charge is 2.40. The molecule has 0 aliphatic heterocycles. The molecule has 0 aromatic carbocycles. The highest BCUT2D eigenvalue weighted by atomic mass is 16.3. The fraction of sp³-hybridized carbons (Fsp3) is 0.667. The van der Waals surface area contributed by atoms with Gasteiger partial charge in [0.1, 0.15) is 0 Å². The predicted molar refractivity (Wildman–Crippen MR) is 67.5 cm³/mol. The summed E-state index contributed by atoms with van der Waals surface area (Å²) in [6.07, 6.45) is 7.93. The third kappa shape index (κ3) is 2.23. The van der Waals surface area contributed by atoms with Crippen LogP contribution >= 0.6 is 0 Å². The van der Waals surface area contributed by atoms with Gasteiger partial charge in [0, 0.05) is 6.20 Å². The van der Waals surface area contributed by atoms with Gasteiger partial charge in [-0.15, -0.1) is 0 Å². The van der Waals surface area contributed by atoms with E-state index in [-0.39, 0.29) is 6.10 Å². The summed E-state index contributed by atoms with van der Waals surface area (Å²) in [6, 6.07) is 3.99. The topological polar surface area (TPSA) is 33.1 Å². The summed E-state index contributed by atoms with van der Waals surface area (Å²) in [4.78, 5) is 4.29. The van der Waals surface area contributed by atoms with Gasteiger partial charge in [-0.3, -0.25) is 4.98 Å². The average molecular weight is 231 g/mol. The molecule has 0 spiro atoms. The van der Waals surface area contributed by atoms with Crippen LogP contribution in [0.15, 0.2) is 18.3 Å². The maximum absolute atomic E-state index is 10.3. The van der Waals surface area contributed by atoms with Gasteiger partial charge in [-0.1, -0.05) is 6.42 Å². The van der Waals surface area contributed by atoms with E-state index in [2.05, 4.69) is 11.9 Å². The summed E-state index contributed by atoms with van der Waals surface area (Å²) in [5.74, 6) is 2.59. The molecular formula is C15H21NO. The number of pyridine rings is 1. The van der Waals surface area contributed by atoms with E-state index in [9.17, 15) is 5.11 Å². The average Bonchev–Trinajstić information content (AvgIpc) is 2.91. The third-order valence-electron chi connectivity index (χ3n) is 4.69. The molecule has 3 rings (SSSR count). The maximum Gasteiger partial charge on any atom is 0.0962 e. The van der Waals surface area contributed by atoms with Gasteiger partial charge >= 0.3 is 0 Å². The monoisotopic (exact) mass is 231 g/mol. The second-order valence-electron chi connectivity index (χ2n) is 5.94. The van der Waals surface area contributed by atoms with Crippen molar-refractivity contribution in [2.75, 3.05) is 0 Å².